The molecule has 0 heterocycles. The van der Waals surface area contributed by atoms with E-state index in [1.54, 1.807) is 51.1 Å². The van der Waals surface area contributed by atoms with Crippen LogP contribution in [-0.2, 0) is 41.4 Å². The Morgan fingerprint density at radius 1 is 0.889 bits per heavy atom. The van der Waals surface area contributed by atoms with Crippen LogP contribution in [0.25, 0.3) is 0 Å². The summed E-state index contributed by atoms with van der Waals surface area (Å²) in [5.74, 6) is -5.77. The summed E-state index contributed by atoms with van der Waals surface area (Å²) < 4.78 is 46.2. The summed E-state index contributed by atoms with van der Waals surface area (Å²) >= 11 is 6.06. The second-order valence-electron chi connectivity index (χ2n) is 12.8. The molecule has 0 saturated heterocycles. The number of benzene rings is 3. The molecule has 0 bridgehead atoms. The van der Waals surface area contributed by atoms with E-state index in [-0.39, 0.29) is 35.0 Å². The molecule has 0 saturated carbocycles. The van der Waals surface area contributed by atoms with Crippen LogP contribution < -0.4 is 27.1 Å². The number of amides is 5. The minimum absolute atomic E-state index is 0.0401. The van der Waals surface area contributed by atoms with Gasteiger partial charge < -0.3 is 26.4 Å². The van der Waals surface area contributed by atoms with Crippen LogP contribution in [0.5, 0.6) is 0 Å². The summed E-state index contributed by atoms with van der Waals surface area (Å²) in [5.41, 5.74) is 6.34. The molecule has 0 spiro atoms. The van der Waals surface area contributed by atoms with Crippen LogP contribution in [0, 0.1) is 5.41 Å². The molecule has 3 aromatic rings. The normalized spacial score (nSPS) is 12.6. The van der Waals surface area contributed by atoms with E-state index in [0.29, 0.717) is 11.1 Å². The number of esters is 1. The number of nitrogens with zero attached hydrogens (tertiary/aromatic N) is 1. The number of ether oxygens (including phenoxy) is 1. The van der Waals surface area contributed by atoms with Gasteiger partial charge in [0.15, 0.2) is 0 Å². The van der Waals surface area contributed by atoms with Crippen molar-refractivity contribution >= 4 is 52.8 Å². The minimum Gasteiger partial charge on any atom is -0.465 e. The van der Waals surface area contributed by atoms with Crippen molar-refractivity contribution in [2.45, 2.75) is 52.5 Å². The number of carbonyl (C=O) groups is 6. The second-order valence-corrected chi connectivity index (χ2v) is 13.2. The maximum absolute atomic E-state index is 13.9. The lowest BCUT2D eigenvalue weighted by Gasteiger charge is -2.32. The van der Waals surface area contributed by atoms with Crippen molar-refractivity contribution in [1.29, 1.82) is 0 Å². The van der Waals surface area contributed by atoms with Crippen molar-refractivity contribution in [3.05, 3.63) is 112 Å². The summed E-state index contributed by atoms with van der Waals surface area (Å²) in [6, 6.07) is 13.1. The van der Waals surface area contributed by atoms with Crippen molar-refractivity contribution in [1.82, 2.24) is 26.4 Å². The average Bonchev–Trinajstić information content (AvgIpc) is 3.11. The summed E-state index contributed by atoms with van der Waals surface area (Å²) in [6.45, 7) is 5.41. The average molecular weight is 773 g/mol. The van der Waals surface area contributed by atoms with Gasteiger partial charge in [-0.25, -0.2) is 5.01 Å². The van der Waals surface area contributed by atoms with Gasteiger partial charge in [0.2, 0.25) is 11.8 Å². The van der Waals surface area contributed by atoms with Crippen LogP contribution in [0.15, 0.2) is 84.9 Å². The van der Waals surface area contributed by atoms with Gasteiger partial charge in [0, 0.05) is 24.3 Å². The van der Waals surface area contributed by atoms with E-state index in [1.807, 2.05) is 0 Å². The van der Waals surface area contributed by atoms with Gasteiger partial charge in [-0.1, -0.05) is 74.8 Å². The number of halogens is 4. The molecule has 5 amide bonds. The Morgan fingerprint density at radius 3 is 2.19 bits per heavy atom. The molecule has 0 aliphatic heterocycles. The first-order valence-electron chi connectivity index (χ1n) is 16.4. The minimum atomic E-state index is -4.85. The largest absolute Gasteiger partial charge is 0.465 e. The molecule has 288 valence electrons. The Morgan fingerprint density at radius 2 is 1.57 bits per heavy atom. The molecule has 3 rings (SSSR count). The third-order valence-electron chi connectivity index (χ3n) is 7.55. The summed E-state index contributed by atoms with van der Waals surface area (Å²) in [4.78, 5) is 79.1. The molecule has 0 aromatic heterocycles. The molecular weight excluding hydrogens is 733 g/mol. The Balaban J connectivity index is 1.95. The molecule has 6 N–H and O–H groups in total. The van der Waals surface area contributed by atoms with Crippen LogP contribution in [0.3, 0.4) is 0 Å². The molecule has 3 aromatic carbocycles. The molecule has 0 aliphatic carbocycles. The zero-order valence-electron chi connectivity index (χ0n) is 29.8. The van der Waals surface area contributed by atoms with Gasteiger partial charge in [-0.2, -0.15) is 13.2 Å². The number of hydrogen-bond donors (Lipinski definition) is 5. The number of alkyl halides is 3. The first kappa shape index (κ1) is 42.5. The van der Waals surface area contributed by atoms with Crippen LogP contribution in [0.4, 0.5) is 18.9 Å². The Kier molecular flexibility index (Phi) is 14.7. The van der Waals surface area contributed by atoms with Crippen molar-refractivity contribution in [3.63, 3.8) is 0 Å². The van der Waals surface area contributed by atoms with Gasteiger partial charge >= 0.3 is 12.1 Å². The van der Waals surface area contributed by atoms with E-state index in [4.69, 9.17) is 22.1 Å². The first-order valence-corrected chi connectivity index (χ1v) is 16.8. The van der Waals surface area contributed by atoms with Crippen LogP contribution >= 0.6 is 11.6 Å². The molecule has 0 radical (unpaired) electrons. The molecule has 0 aliphatic rings. The molecule has 17 heteroatoms. The monoisotopic (exact) mass is 772 g/mol. The number of hydrogen-bond acceptors (Lipinski definition) is 8. The number of anilines is 1. The third kappa shape index (κ3) is 12.6. The number of hydrazine groups is 1. The van der Waals surface area contributed by atoms with E-state index in [0.717, 1.165) is 35.9 Å². The lowest BCUT2D eigenvalue weighted by atomic mass is 9.85. The number of nitrogen functional groups attached to an aromatic ring is 1. The Hall–Kier alpha value is -5.90. The third-order valence-corrected chi connectivity index (χ3v) is 7.88. The summed E-state index contributed by atoms with van der Waals surface area (Å²) in [7, 11) is 0. The highest BCUT2D eigenvalue weighted by atomic mass is 35.5. The zero-order valence-corrected chi connectivity index (χ0v) is 30.5. The fraction of sp³-hybridized carbons (Fsp3) is 0.297. The highest BCUT2D eigenvalue weighted by Gasteiger charge is 2.37. The Bertz CT molecular complexity index is 1880. The van der Waals surface area contributed by atoms with Crippen molar-refractivity contribution in [2.24, 2.45) is 5.41 Å². The van der Waals surface area contributed by atoms with Gasteiger partial charge in [0.1, 0.15) is 18.6 Å². The predicted molar refractivity (Wildman–Crippen MR) is 193 cm³/mol. The lowest BCUT2D eigenvalue weighted by molar-refractivity contribution is -0.152. The SMILES string of the molecule is CCOC(=O)CN(NC(=O)C(NC(=O)C(NC(=O)c1ccc(N)c(Cl)c1)C(C)(C)C)c1cccc(C(F)(F)F)c1)C(=O)/C=C/C(=O)NCc1ccccc1. The first-order chi connectivity index (χ1) is 25.3. The molecule has 13 nitrogen and oxygen atoms in total. The van der Waals surface area contributed by atoms with Gasteiger partial charge in [0.05, 0.1) is 22.9 Å². The molecule has 0 fully saturated rings. The number of nitrogens with two attached hydrogens (primary N) is 1. The zero-order chi connectivity index (χ0) is 40.2. The fourth-order valence-electron chi connectivity index (χ4n) is 4.77. The van der Waals surface area contributed by atoms with Crippen LogP contribution in [-0.4, -0.2) is 59.7 Å². The Labute approximate surface area is 314 Å². The number of carbonyl (C=O) groups excluding carboxylic acids is 6. The van der Waals surface area contributed by atoms with Crippen LogP contribution in [0.2, 0.25) is 5.02 Å². The predicted octanol–water partition coefficient (Wildman–Crippen LogP) is 4.24. The maximum Gasteiger partial charge on any atom is 0.416 e. The van der Waals surface area contributed by atoms with Crippen molar-refractivity contribution in [2.75, 3.05) is 18.9 Å². The van der Waals surface area contributed by atoms with E-state index >= 15 is 0 Å². The molecule has 54 heavy (non-hydrogen) atoms. The standard InChI is InChI=1S/C37H40ClF3N6O7/c1-5-54-30(50)21-47(29(49)17-16-28(48)43-20-22-10-7-6-8-11-22)46-34(52)31(23-12-9-13-25(18-23)37(39,40)41)44-35(53)32(36(2,3)4)45-33(51)24-14-15-27(42)26(38)19-24/h6-19,31-32H,5,20-21,42H2,1-4H3,(H,43,48)(H,44,53)(H,45,51)(H,46,52)/b17-16+. The van der Waals surface area contributed by atoms with Gasteiger partial charge in [-0.3, -0.25) is 34.2 Å². The summed E-state index contributed by atoms with van der Waals surface area (Å²) in [6.07, 6.45) is -3.24. The van der Waals surface area contributed by atoms with E-state index in [1.165, 1.54) is 25.1 Å². The number of nitrogens with one attached hydrogen (secondary N) is 4. The fourth-order valence-corrected chi connectivity index (χ4v) is 4.95. The molecular formula is C37H40ClF3N6O7. The highest BCUT2D eigenvalue weighted by molar-refractivity contribution is 6.33. The van der Waals surface area contributed by atoms with Gasteiger partial charge in [0.25, 0.3) is 17.7 Å². The molecule has 2 unspecified atom stereocenters. The molecule has 2 atom stereocenters. The topological polar surface area (TPSA) is 189 Å². The van der Waals surface area contributed by atoms with Gasteiger partial charge in [-0.15, -0.1) is 0 Å². The van der Waals surface area contributed by atoms with Crippen molar-refractivity contribution in [3.8, 4) is 0 Å². The lowest BCUT2D eigenvalue weighted by Crippen LogP contribution is -2.57. The number of rotatable bonds is 13. The quantitative estimate of drug-likeness (QED) is 0.0739. The van der Waals surface area contributed by atoms with Crippen LogP contribution in [0.1, 0.15) is 60.8 Å². The van der Waals surface area contributed by atoms with Crippen molar-refractivity contribution < 1.29 is 46.7 Å². The van der Waals surface area contributed by atoms with E-state index < -0.39 is 71.3 Å². The highest BCUT2D eigenvalue weighted by Crippen LogP contribution is 2.31. The van der Waals surface area contributed by atoms with E-state index in [9.17, 15) is 41.9 Å². The van der Waals surface area contributed by atoms with Gasteiger partial charge in [-0.05, 0) is 53.8 Å². The summed E-state index contributed by atoms with van der Waals surface area (Å²) in [5, 5.41) is 8.07. The smallest absolute Gasteiger partial charge is 0.416 e. The maximum atomic E-state index is 13.9. The second kappa shape index (κ2) is 18.7. The van der Waals surface area contributed by atoms with E-state index in [2.05, 4.69) is 21.4 Å².